The Morgan fingerprint density at radius 3 is 2.44 bits per heavy atom. The SMILES string of the molecule is CC(C)(C)n1cc(C(=O)O)c(=O)c2cc(F)c(N3CCN(C(=O)OCC4=C(C(=O)O)N5C(=O)[C@@H]([AsH]C(=O)Cc6cccs6)[C@H]5CC4)CC3)nc21. The van der Waals surface area contributed by atoms with Gasteiger partial charge < -0.3 is 9.67 Å². The van der Waals surface area contributed by atoms with Crippen LogP contribution in [-0.4, -0.2) is 113 Å². The second kappa shape index (κ2) is 13.6. The first-order chi connectivity index (χ1) is 23.6. The Bertz CT molecular complexity index is 2000. The van der Waals surface area contributed by atoms with Crippen LogP contribution in [0, 0.1) is 5.82 Å². The fourth-order valence-corrected chi connectivity index (χ4v) is 10.4. The van der Waals surface area contributed by atoms with Gasteiger partial charge in [0.05, 0.1) is 5.39 Å². The Morgan fingerprint density at radius 1 is 1.10 bits per heavy atom. The van der Waals surface area contributed by atoms with Crippen molar-refractivity contribution in [1.29, 1.82) is 0 Å². The second-order valence-electron chi connectivity index (χ2n) is 13.3. The number of thiophene rings is 1. The number of aromatic carboxylic acids is 1. The van der Waals surface area contributed by atoms with E-state index >= 15 is 4.39 Å². The van der Waals surface area contributed by atoms with Gasteiger partial charge in [-0.3, -0.25) is 4.79 Å². The molecule has 0 aromatic carbocycles. The minimum atomic E-state index is -1.43. The van der Waals surface area contributed by atoms with Gasteiger partial charge in [-0.05, 0) is 26.8 Å². The minimum absolute atomic E-state index is 0.0461. The van der Waals surface area contributed by atoms with Gasteiger partial charge in [-0.2, -0.15) is 0 Å². The van der Waals surface area contributed by atoms with E-state index in [4.69, 9.17) is 4.74 Å². The van der Waals surface area contributed by atoms with Crippen LogP contribution in [0.1, 0.15) is 48.8 Å². The van der Waals surface area contributed by atoms with Gasteiger partial charge in [0.25, 0.3) is 0 Å². The van der Waals surface area contributed by atoms with Crippen molar-refractivity contribution >= 4 is 72.5 Å². The maximum atomic E-state index is 15.4. The number of aromatic nitrogens is 2. The third-order valence-electron chi connectivity index (χ3n) is 9.04. The zero-order chi connectivity index (χ0) is 36.1. The number of hydrogen-bond donors (Lipinski definition) is 2. The number of nitrogens with zero attached hydrogens (tertiary/aromatic N) is 5. The average Bonchev–Trinajstić information content (AvgIpc) is 3.58. The first-order valence-corrected chi connectivity index (χ1v) is 19.1. The van der Waals surface area contributed by atoms with Crippen molar-refractivity contribution < 1.29 is 43.3 Å². The van der Waals surface area contributed by atoms with Gasteiger partial charge in [-0.15, -0.1) is 0 Å². The van der Waals surface area contributed by atoms with E-state index in [1.807, 2.05) is 17.5 Å². The fraction of sp³-hybridized carbons (Fsp3) is 0.424. The van der Waals surface area contributed by atoms with Gasteiger partial charge in [0.2, 0.25) is 5.43 Å². The molecule has 2 saturated heterocycles. The Morgan fingerprint density at radius 2 is 1.82 bits per heavy atom. The molecule has 2 amide bonds. The van der Waals surface area contributed by atoms with E-state index in [0.29, 0.717) is 18.4 Å². The molecule has 6 rings (SSSR count). The summed E-state index contributed by atoms with van der Waals surface area (Å²) in [6.45, 7) is 5.68. The standard InChI is InChI=1S/C33H35AsFN5O9S/c1-33(2,3)39-15-20(30(44)45)26(42)19-14-21(35)28(36-27(19)39)37-8-10-38(11-9-37)32(48)49-16-17-6-7-22-24(29(43)40(22)25(17)31(46)47)34-23(41)13-18-5-4-12-50-18/h4-5,12,14-15,22,24,34H,6-11,13,16H2,1-3H3,(H,44,45)(H,46,47)/t22-,24+/m1/s1. The number of ether oxygens (including phenoxy) is 1. The van der Waals surface area contributed by atoms with E-state index < -0.39 is 60.8 Å². The molecule has 3 aliphatic heterocycles. The summed E-state index contributed by atoms with van der Waals surface area (Å²) < 4.78 is 22.0. The number of halogens is 1. The molecule has 0 saturated carbocycles. The molecule has 3 aliphatic rings. The molecular weight excluding hydrogens is 736 g/mol. The number of β-lactam (4-membered cyclic amide) rings is 1. The van der Waals surface area contributed by atoms with Gasteiger partial charge in [0, 0.05) is 11.7 Å². The van der Waals surface area contributed by atoms with E-state index in [9.17, 15) is 39.0 Å². The molecule has 2 N–H and O–H groups in total. The zero-order valence-electron chi connectivity index (χ0n) is 27.5. The summed E-state index contributed by atoms with van der Waals surface area (Å²) in [4.78, 5) is 85.2. The van der Waals surface area contributed by atoms with Gasteiger partial charge in [-0.1, -0.05) is 0 Å². The van der Waals surface area contributed by atoms with Crippen LogP contribution in [0.15, 0.2) is 45.8 Å². The van der Waals surface area contributed by atoms with Gasteiger partial charge in [0.1, 0.15) is 11.2 Å². The zero-order valence-corrected chi connectivity index (χ0v) is 30.4. The second-order valence-corrected chi connectivity index (χ2v) is 17.4. The van der Waals surface area contributed by atoms with Crippen LogP contribution >= 0.6 is 11.3 Å². The monoisotopic (exact) mass is 771 g/mol. The number of hydrogen-bond acceptors (Lipinski definition) is 10. The molecule has 0 bridgehead atoms. The summed E-state index contributed by atoms with van der Waals surface area (Å²) in [5, 5.41) is 21.3. The predicted molar refractivity (Wildman–Crippen MR) is 182 cm³/mol. The maximum absolute atomic E-state index is 15.4. The van der Waals surface area contributed by atoms with Crippen LogP contribution in [0.2, 0.25) is 4.71 Å². The smallest absolute Gasteiger partial charge is 0.147 e. The largest absolute Gasteiger partial charge is 0.210 e. The van der Waals surface area contributed by atoms with E-state index in [1.54, 1.807) is 25.7 Å². The average molecular weight is 772 g/mol. The molecule has 50 heavy (non-hydrogen) atoms. The van der Waals surface area contributed by atoms with E-state index in [0.717, 1.165) is 10.9 Å². The van der Waals surface area contributed by atoms with Gasteiger partial charge in [0.15, 0.2) is 11.6 Å². The molecule has 0 aliphatic carbocycles. The number of rotatable bonds is 9. The number of carboxylic acids is 2. The van der Waals surface area contributed by atoms with Crippen LogP contribution in [0.25, 0.3) is 11.0 Å². The number of carboxylic acid groups (broad SMARTS) is 2. The first-order valence-electron chi connectivity index (χ1n) is 15.9. The number of carbonyl (C=O) groups is 5. The molecule has 0 radical (unpaired) electrons. The van der Waals surface area contributed by atoms with E-state index in [2.05, 4.69) is 4.98 Å². The molecule has 0 spiro atoms. The number of piperazine rings is 1. The van der Waals surface area contributed by atoms with Gasteiger partial charge >= 0.3 is 196 Å². The van der Waals surface area contributed by atoms with Crippen molar-refractivity contribution in [2.24, 2.45) is 0 Å². The van der Waals surface area contributed by atoms with Crippen LogP contribution in [0.5, 0.6) is 0 Å². The predicted octanol–water partition coefficient (Wildman–Crippen LogP) is 2.65. The Hall–Kier alpha value is -4.56. The summed E-state index contributed by atoms with van der Waals surface area (Å²) in [5.41, 5.74) is -1.77. The maximum Gasteiger partial charge on any atom is 0.147 e. The van der Waals surface area contributed by atoms with Crippen LogP contribution < -0.4 is 10.3 Å². The molecule has 1 unspecified atom stereocenters. The molecule has 17 heteroatoms. The van der Waals surface area contributed by atoms with Crippen molar-refractivity contribution in [3.05, 3.63) is 67.5 Å². The van der Waals surface area contributed by atoms with Crippen molar-refractivity contribution in [3.63, 3.8) is 0 Å². The third kappa shape index (κ3) is 6.65. The Kier molecular flexibility index (Phi) is 9.61. The van der Waals surface area contributed by atoms with Crippen molar-refractivity contribution in [2.75, 3.05) is 37.7 Å². The first kappa shape index (κ1) is 35.3. The minimum Gasteiger partial charge on any atom is -0.210 e. The number of anilines is 1. The number of pyridine rings is 2. The number of carbonyl (C=O) groups excluding carboxylic acids is 3. The van der Waals surface area contributed by atoms with Gasteiger partial charge in [-0.25, -0.2) is 14.2 Å². The molecule has 3 atom stereocenters. The number of fused-ring (bicyclic) bond motifs is 2. The molecule has 3 aromatic rings. The van der Waals surface area contributed by atoms with Crippen molar-refractivity contribution in [2.45, 2.75) is 56.3 Å². The third-order valence-corrected chi connectivity index (χ3v) is 12.9. The molecular formula is C33H35AsFN5O9S. The van der Waals surface area contributed by atoms with Crippen LogP contribution in [-0.2, 0) is 31.1 Å². The summed E-state index contributed by atoms with van der Waals surface area (Å²) in [5.74, 6) is -3.96. The van der Waals surface area contributed by atoms with E-state index in [-0.39, 0.29) is 78.3 Å². The molecule has 3 aromatic heterocycles. The summed E-state index contributed by atoms with van der Waals surface area (Å²) in [6.07, 6.45) is 1.57. The normalized spacial score (nSPS) is 19.6. The number of amides is 2. The quantitative estimate of drug-likeness (QED) is 0.241. The van der Waals surface area contributed by atoms with E-state index in [1.165, 1.54) is 31.9 Å². The van der Waals surface area contributed by atoms with Crippen LogP contribution in [0.4, 0.5) is 15.0 Å². The van der Waals surface area contributed by atoms with Crippen LogP contribution in [0.3, 0.4) is 0 Å². The molecule has 2 fully saturated rings. The fourth-order valence-electron chi connectivity index (χ4n) is 6.52. The summed E-state index contributed by atoms with van der Waals surface area (Å²) in [6, 6.07) is 4.38. The molecule has 264 valence electrons. The summed E-state index contributed by atoms with van der Waals surface area (Å²) in [7, 11) is 0. The summed E-state index contributed by atoms with van der Waals surface area (Å²) >= 11 is 0.187. The van der Waals surface area contributed by atoms with Crippen molar-refractivity contribution in [1.82, 2.24) is 19.4 Å². The molecule has 6 heterocycles. The number of aliphatic carboxylic acids is 1. The molecule has 14 nitrogen and oxygen atoms in total. The topological polar surface area (TPSA) is 180 Å². The Balaban J connectivity index is 1.10. The van der Waals surface area contributed by atoms with Crippen molar-refractivity contribution in [3.8, 4) is 0 Å². The Labute approximate surface area is 295 Å².